The largest absolute Gasteiger partial charge is 2.00 e. The fraction of sp³-hybridized carbons (Fsp3) is 0.421. The van der Waals surface area contributed by atoms with E-state index in [0.717, 1.165) is 11.3 Å². The van der Waals surface area contributed by atoms with Gasteiger partial charge >= 0.3 is 17.1 Å². The first-order chi connectivity index (χ1) is 19.6. The van der Waals surface area contributed by atoms with Crippen LogP contribution in [-0.4, -0.2) is 17.0 Å². The third-order valence-electron chi connectivity index (χ3n) is 9.10. The minimum Gasteiger partial charge on any atom is -0.0968 e. The van der Waals surface area contributed by atoms with E-state index in [4.69, 9.17) is 0 Å². The van der Waals surface area contributed by atoms with E-state index < -0.39 is 7.92 Å². The maximum Gasteiger partial charge on any atom is 2.00 e. The van der Waals surface area contributed by atoms with Gasteiger partial charge in [0.1, 0.15) is 0 Å². The van der Waals surface area contributed by atoms with E-state index in [1.54, 1.807) is 11.6 Å². The van der Waals surface area contributed by atoms with Gasteiger partial charge in [-0.1, -0.05) is 113 Å². The van der Waals surface area contributed by atoms with Crippen molar-refractivity contribution in [3.63, 3.8) is 0 Å². The molecular formula is C38H48FeP2+2. The SMILES string of the molecule is Cc1ccc(P([C]2[CH][CH][CH][C]2[C@H](C)P(C2CCCCC2)C2CCCCC2)c2ccc(C)cc2)cc1.[CH]1[CH][CH][CH][CH]1.[Fe+2]. The molecule has 6 rings (SSSR count). The topological polar surface area (TPSA) is 0 Å². The molecule has 0 aromatic heterocycles. The predicted molar refractivity (Wildman–Crippen MR) is 180 cm³/mol. The third kappa shape index (κ3) is 9.17. The van der Waals surface area contributed by atoms with Crippen LogP contribution in [0.4, 0.5) is 0 Å². The minimum atomic E-state index is -0.536. The standard InChI is InChI=1S/C33H43P2.C5H5.Fe/c1-25-17-21-30(22-18-25)35(31-23-19-26(2)20-24-31)33-16-10-15-32(33)27(3)34(28-11-6-4-7-12-28)29-13-8-5-9-14-29;1-2-4-5-3-1;/h10,15-24,27-29H,4-9,11-14H2,1-3H3;1-5H;/q;;+2/t27-;;/m0../s1. The summed E-state index contributed by atoms with van der Waals surface area (Å²) in [6, 6.07) is 18.8. The number of hydrogen-bond donors (Lipinski definition) is 0. The van der Waals surface area contributed by atoms with Crippen LogP contribution in [0.2, 0.25) is 0 Å². The molecule has 2 aromatic carbocycles. The fourth-order valence-electron chi connectivity index (χ4n) is 6.97. The molecule has 1 atom stereocenters. The van der Waals surface area contributed by atoms with Gasteiger partial charge in [0.05, 0.1) is 0 Å². The van der Waals surface area contributed by atoms with E-state index in [2.05, 4.69) is 88.6 Å². The zero-order valence-corrected chi connectivity index (χ0v) is 28.2. The molecular weight excluding hydrogens is 574 g/mol. The Balaban J connectivity index is 0.000000584. The van der Waals surface area contributed by atoms with E-state index >= 15 is 0 Å². The van der Waals surface area contributed by atoms with Gasteiger partial charge in [0.2, 0.25) is 0 Å². The Bertz CT molecular complexity index is 915. The molecule has 0 nitrogen and oxygen atoms in total. The zero-order valence-electron chi connectivity index (χ0n) is 25.3. The van der Waals surface area contributed by atoms with Crippen LogP contribution in [0.5, 0.6) is 0 Å². The second-order valence-electron chi connectivity index (χ2n) is 12.0. The summed E-state index contributed by atoms with van der Waals surface area (Å²) in [5.41, 5.74) is 7.01. The Kier molecular flexibility index (Phi) is 14.3. The van der Waals surface area contributed by atoms with Gasteiger partial charge in [-0.15, -0.1) is 0 Å². The van der Waals surface area contributed by atoms with Crippen LogP contribution < -0.4 is 10.6 Å². The number of hydrogen-bond acceptors (Lipinski definition) is 0. The van der Waals surface area contributed by atoms with Gasteiger partial charge < -0.3 is 0 Å². The van der Waals surface area contributed by atoms with Crippen LogP contribution in [-0.2, 0) is 17.1 Å². The molecule has 41 heavy (non-hydrogen) atoms. The molecule has 4 aliphatic carbocycles. The van der Waals surface area contributed by atoms with Gasteiger partial charge in [0, 0.05) is 5.66 Å². The molecule has 2 aromatic rings. The van der Waals surface area contributed by atoms with Gasteiger partial charge in [-0.2, -0.15) is 0 Å². The molecule has 4 fully saturated rings. The molecule has 0 amide bonds. The molecule has 0 unspecified atom stereocenters. The monoisotopic (exact) mass is 622 g/mol. The summed E-state index contributed by atoms with van der Waals surface area (Å²) in [5.74, 6) is 1.68. The Morgan fingerprint density at radius 2 is 0.976 bits per heavy atom. The van der Waals surface area contributed by atoms with E-state index in [-0.39, 0.29) is 25.0 Å². The zero-order chi connectivity index (χ0) is 27.7. The van der Waals surface area contributed by atoms with Crippen molar-refractivity contribution in [2.24, 2.45) is 0 Å². The van der Waals surface area contributed by atoms with Crippen LogP contribution in [0.15, 0.2) is 48.5 Å². The van der Waals surface area contributed by atoms with Gasteiger partial charge in [-0.3, -0.25) is 0 Å². The van der Waals surface area contributed by atoms with E-state index in [0.29, 0.717) is 5.66 Å². The number of benzene rings is 2. The van der Waals surface area contributed by atoms with Crippen molar-refractivity contribution in [3.05, 3.63) is 123 Å². The molecule has 10 radical (unpaired) electrons. The van der Waals surface area contributed by atoms with Crippen molar-refractivity contribution >= 4 is 26.5 Å². The second kappa shape index (κ2) is 17.3. The maximum absolute atomic E-state index is 2.63. The average Bonchev–Trinajstić information content (AvgIpc) is 3.73. The molecule has 0 saturated heterocycles. The van der Waals surface area contributed by atoms with Gasteiger partial charge in [-0.25, -0.2) is 0 Å². The van der Waals surface area contributed by atoms with Gasteiger partial charge in [-0.05, 0) is 132 Å². The molecule has 0 aliphatic heterocycles. The molecule has 0 N–H and O–H groups in total. The fourth-order valence-corrected chi connectivity index (χ4v) is 13.9. The summed E-state index contributed by atoms with van der Waals surface area (Å²) < 4.78 is 0. The van der Waals surface area contributed by atoms with Gasteiger partial charge in [0.15, 0.2) is 0 Å². The molecule has 4 saturated carbocycles. The van der Waals surface area contributed by atoms with E-state index in [1.165, 1.54) is 85.9 Å². The molecule has 0 heterocycles. The van der Waals surface area contributed by atoms with E-state index in [9.17, 15) is 0 Å². The van der Waals surface area contributed by atoms with Crippen LogP contribution in [0.3, 0.4) is 0 Å². The Hall–Kier alpha value is -0.181. The van der Waals surface area contributed by atoms with Crippen molar-refractivity contribution < 1.29 is 17.1 Å². The Morgan fingerprint density at radius 1 is 0.561 bits per heavy atom. The van der Waals surface area contributed by atoms with Crippen molar-refractivity contribution in [2.45, 2.75) is 102 Å². The molecule has 216 valence electrons. The summed E-state index contributed by atoms with van der Waals surface area (Å²) in [7, 11) is -0.524. The molecule has 0 spiro atoms. The summed E-state index contributed by atoms with van der Waals surface area (Å²) in [5, 5.41) is 2.99. The molecule has 3 heteroatoms. The summed E-state index contributed by atoms with van der Waals surface area (Å²) >= 11 is 0. The Labute approximate surface area is 267 Å². The maximum atomic E-state index is 2.63. The van der Waals surface area contributed by atoms with Gasteiger partial charge in [0.25, 0.3) is 0 Å². The quantitative estimate of drug-likeness (QED) is 0.213. The predicted octanol–water partition coefficient (Wildman–Crippen LogP) is 10.0. The summed E-state index contributed by atoms with van der Waals surface area (Å²) in [6.45, 7) is 7.04. The third-order valence-corrected chi connectivity index (χ3v) is 15.5. The first-order valence-corrected chi connectivity index (χ1v) is 18.6. The molecule has 0 bridgehead atoms. The normalized spacial score (nSPS) is 22.0. The first-order valence-electron chi connectivity index (χ1n) is 15.7. The smallest absolute Gasteiger partial charge is 0.0968 e. The van der Waals surface area contributed by atoms with Crippen molar-refractivity contribution in [2.75, 3.05) is 0 Å². The van der Waals surface area contributed by atoms with Crippen molar-refractivity contribution in [3.8, 4) is 0 Å². The van der Waals surface area contributed by atoms with Crippen LogP contribution in [0.1, 0.15) is 82.3 Å². The van der Waals surface area contributed by atoms with Crippen LogP contribution in [0, 0.1) is 76.8 Å². The van der Waals surface area contributed by atoms with Crippen molar-refractivity contribution in [1.82, 2.24) is 0 Å². The summed E-state index contributed by atoms with van der Waals surface area (Å²) in [4.78, 5) is 0. The summed E-state index contributed by atoms with van der Waals surface area (Å²) in [6.07, 6.45) is 32.1. The van der Waals surface area contributed by atoms with Crippen LogP contribution >= 0.6 is 15.8 Å². The van der Waals surface area contributed by atoms with Crippen molar-refractivity contribution in [1.29, 1.82) is 0 Å². The second-order valence-corrected chi connectivity index (χ2v) is 17.4. The first kappa shape index (κ1) is 33.7. The van der Waals surface area contributed by atoms with E-state index in [1.807, 2.05) is 32.1 Å². The minimum absolute atomic E-state index is 0. The van der Waals surface area contributed by atoms with Crippen LogP contribution in [0.25, 0.3) is 0 Å². The number of aryl methyl sites for hydroxylation is 2. The number of rotatable bonds is 7. The average molecular weight is 623 g/mol. The Morgan fingerprint density at radius 3 is 1.39 bits per heavy atom. The molecule has 4 aliphatic rings.